The number of rotatable bonds is 9. The average Bonchev–Trinajstić information content (AvgIpc) is 2.69. The van der Waals surface area contributed by atoms with Crippen LogP contribution in [0, 0.1) is 5.92 Å². The van der Waals surface area contributed by atoms with Crippen molar-refractivity contribution in [3.8, 4) is 11.5 Å². The Balaban J connectivity index is 0.00000196. The van der Waals surface area contributed by atoms with Crippen molar-refractivity contribution in [2.45, 2.75) is 32.9 Å². The van der Waals surface area contributed by atoms with Gasteiger partial charge in [0.05, 0.1) is 6.61 Å². The zero-order valence-electron chi connectivity index (χ0n) is 16.4. The lowest BCUT2D eigenvalue weighted by Crippen LogP contribution is -3.00. The summed E-state index contributed by atoms with van der Waals surface area (Å²) in [6.07, 6.45) is 2.51. The Kier molecular flexibility index (Phi) is 12.0. The van der Waals surface area contributed by atoms with Gasteiger partial charge in [0.2, 0.25) is 0 Å². The monoisotopic (exact) mass is 424 g/mol. The average molecular weight is 425 g/mol. The third kappa shape index (κ3) is 7.51. The summed E-state index contributed by atoms with van der Waals surface area (Å²) < 4.78 is 12.0. The zero-order valence-corrected chi connectivity index (χ0v) is 17.9. The molecule has 0 aliphatic carbocycles. The van der Waals surface area contributed by atoms with Crippen LogP contribution in [0.5, 0.6) is 11.5 Å². The van der Waals surface area contributed by atoms with Gasteiger partial charge >= 0.3 is 0 Å². The minimum Gasteiger partial charge on any atom is -1.00 e. The Morgan fingerprint density at radius 1 is 0.964 bits per heavy atom. The van der Waals surface area contributed by atoms with Crippen molar-refractivity contribution in [2.75, 3.05) is 26.2 Å². The van der Waals surface area contributed by atoms with Crippen molar-refractivity contribution in [1.29, 1.82) is 0 Å². The van der Waals surface area contributed by atoms with Crippen LogP contribution in [0.2, 0.25) is 0 Å². The maximum atomic E-state index is 6.17. The van der Waals surface area contributed by atoms with Gasteiger partial charge in [0.1, 0.15) is 6.61 Å². The highest BCUT2D eigenvalue weighted by molar-refractivity contribution is 5.46. The van der Waals surface area contributed by atoms with Crippen LogP contribution in [0.4, 0.5) is 0 Å². The molecule has 2 aromatic rings. The van der Waals surface area contributed by atoms with Crippen molar-refractivity contribution in [1.82, 2.24) is 10.6 Å². The van der Waals surface area contributed by atoms with Crippen molar-refractivity contribution in [3.63, 3.8) is 0 Å². The van der Waals surface area contributed by atoms with Crippen molar-refractivity contribution in [3.05, 3.63) is 59.7 Å². The van der Waals surface area contributed by atoms with Gasteiger partial charge in [-0.1, -0.05) is 42.5 Å². The van der Waals surface area contributed by atoms with E-state index in [0.29, 0.717) is 13.2 Å². The topological polar surface area (TPSA) is 42.5 Å². The predicted molar refractivity (Wildman–Crippen MR) is 106 cm³/mol. The van der Waals surface area contributed by atoms with Gasteiger partial charge in [-0.3, -0.25) is 0 Å². The first kappa shape index (κ1) is 24.6. The first-order chi connectivity index (χ1) is 12.9. The van der Waals surface area contributed by atoms with Crippen LogP contribution in [-0.2, 0) is 13.2 Å². The molecule has 0 radical (unpaired) electrons. The van der Waals surface area contributed by atoms with E-state index in [2.05, 4.69) is 28.8 Å². The highest BCUT2D eigenvalue weighted by atomic mass is 35.5. The van der Waals surface area contributed by atoms with Crippen LogP contribution in [0.15, 0.2) is 48.5 Å². The summed E-state index contributed by atoms with van der Waals surface area (Å²) in [5.41, 5.74) is 2.31. The lowest BCUT2D eigenvalue weighted by molar-refractivity contribution is -0.001000. The fraction of sp³-hybridized carbons (Fsp3) is 0.455. The highest BCUT2D eigenvalue weighted by Gasteiger charge is 2.14. The molecule has 1 fully saturated rings. The van der Waals surface area contributed by atoms with E-state index in [1.54, 1.807) is 0 Å². The molecule has 0 atom stereocenters. The Labute approximate surface area is 181 Å². The van der Waals surface area contributed by atoms with E-state index in [0.717, 1.165) is 54.7 Å². The smallest absolute Gasteiger partial charge is 0.166 e. The summed E-state index contributed by atoms with van der Waals surface area (Å²) in [5.74, 6) is 2.45. The second kappa shape index (κ2) is 13.7. The Morgan fingerprint density at radius 3 is 2.43 bits per heavy atom. The summed E-state index contributed by atoms with van der Waals surface area (Å²) in [6.45, 7) is 7.31. The van der Waals surface area contributed by atoms with E-state index in [4.69, 9.17) is 9.47 Å². The van der Waals surface area contributed by atoms with E-state index in [9.17, 15) is 0 Å². The molecule has 0 unspecified atom stereocenters. The molecule has 1 saturated heterocycles. The van der Waals surface area contributed by atoms with Crippen LogP contribution in [-0.4, -0.2) is 26.2 Å². The SMILES string of the molecule is CCOc1cccc(CNCC2CCNCC2)c1OCc1ccccc1.[Cl-].[Cl-]. The standard InChI is InChI=1S/C22H30N2O2.2ClH/c1-2-25-21-10-6-9-20(16-24-15-18-11-13-23-14-12-18)22(21)26-17-19-7-4-3-5-8-19;;/h3-10,18,23-24H,2,11-17H2,1H3;2*1H/p-2. The van der Waals surface area contributed by atoms with Crippen molar-refractivity contribution in [2.24, 2.45) is 5.92 Å². The quantitative estimate of drug-likeness (QED) is 0.477. The first-order valence-corrected chi connectivity index (χ1v) is 9.69. The molecule has 1 aliphatic rings. The maximum absolute atomic E-state index is 6.17. The molecular formula is C22H30Cl2N2O2-2. The van der Waals surface area contributed by atoms with Crippen LogP contribution in [0.1, 0.15) is 30.9 Å². The molecule has 1 aliphatic heterocycles. The van der Waals surface area contributed by atoms with Gasteiger partial charge in [0.25, 0.3) is 0 Å². The van der Waals surface area contributed by atoms with Gasteiger partial charge in [0.15, 0.2) is 11.5 Å². The van der Waals surface area contributed by atoms with Crippen LogP contribution in [0.25, 0.3) is 0 Å². The summed E-state index contributed by atoms with van der Waals surface area (Å²) in [4.78, 5) is 0. The van der Waals surface area contributed by atoms with E-state index in [1.807, 2.05) is 37.3 Å². The second-order valence-electron chi connectivity index (χ2n) is 6.78. The Morgan fingerprint density at radius 2 is 1.71 bits per heavy atom. The van der Waals surface area contributed by atoms with E-state index < -0.39 is 0 Å². The third-order valence-corrected chi connectivity index (χ3v) is 4.79. The summed E-state index contributed by atoms with van der Waals surface area (Å²) in [5, 5.41) is 7.04. The van der Waals surface area contributed by atoms with E-state index in [1.165, 1.54) is 12.8 Å². The molecule has 156 valence electrons. The lowest BCUT2D eigenvalue weighted by atomic mass is 9.98. The molecule has 2 aromatic carbocycles. The van der Waals surface area contributed by atoms with Gasteiger partial charge in [-0.25, -0.2) is 0 Å². The number of nitrogens with one attached hydrogen (secondary N) is 2. The number of halogens is 2. The number of para-hydroxylation sites is 1. The second-order valence-corrected chi connectivity index (χ2v) is 6.78. The number of benzene rings is 2. The number of ether oxygens (including phenoxy) is 2. The third-order valence-electron chi connectivity index (χ3n) is 4.79. The molecular weight excluding hydrogens is 395 g/mol. The number of hydrogen-bond donors (Lipinski definition) is 2. The Bertz CT molecular complexity index is 665. The Hall–Kier alpha value is -1.46. The van der Waals surface area contributed by atoms with Crippen molar-refractivity contribution < 1.29 is 34.3 Å². The number of hydrogen-bond acceptors (Lipinski definition) is 4. The van der Waals surface area contributed by atoms with Gasteiger partial charge in [-0.2, -0.15) is 0 Å². The minimum absolute atomic E-state index is 0. The molecule has 4 nitrogen and oxygen atoms in total. The van der Waals surface area contributed by atoms with Gasteiger partial charge in [0, 0.05) is 12.1 Å². The largest absolute Gasteiger partial charge is 1.00 e. The van der Waals surface area contributed by atoms with Crippen molar-refractivity contribution >= 4 is 0 Å². The molecule has 28 heavy (non-hydrogen) atoms. The minimum atomic E-state index is 0. The molecule has 0 bridgehead atoms. The maximum Gasteiger partial charge on any atom is 0.166 e. The normalized spacial score (nSPS) is 13.9. The molecule has 2 N–H and O–H groups in total. The van der Waals surface area contributed by atoms with Crippen LogP contribution in [0.3, 0.4) is 0 Å². The summed E-state index contributed by atoms with van der Waals surface area (Å²) >= 11 is 0. The predicted octanol–water partition coefficient (Wildman–Crippen LogP) is -2.24. The molecule has 6 heteroatoms. The van der Waals surface area contributed by atoms with E-state index in [-0.39, 0.29) is 24.8 Å². The lowest BCUT2D eigenvalue weighted by Gasteiger charge is -2.23. The molecule has 0 spiro atoms. The molecule has 3 rings (SSSR count). The molecule has 0 saturated carbocycles. The van der Waals surface area contributed by atoms with Crippen LogP contribution < -0.4 is 44.9 Å². The first-order valence-electron chi connectivity index (χ1n) is 9.69. The van der Waals surface area contributed by atoms with Gasteiger partial charge in [-0.05, 0) is 56.9 Å². The van der Waals surface area contributed by atoms with E-state index >= 15 is 0 Å². The number of piperidine rings is 1. The van der Waals surface area contributed by atoms with Gasteiger partial charge < -0.3 is 44.9 Å². The highest BCUT2D eigenvalue weighted by Crippen LogP contribution is 2.32. The molecule has 0 amide bonds. The van der Waals surface area contributed by atoms with Crippen LogP contribution >= 0.6 is 0 Å². The molecule has 0 aromatic heterocycles. The zero-order chi connectivity index (χ0) is 18.0. The summed E-state index contributed by atoms with van der Waals surface area (Å²) in [7, 11) is 0. The fourth-order valence-corrected chi connectivity index (χ4v) is 3.36. The fourth-order valence-electron chi connectivity index (χ4n) is 3.36. The van der Waals surface area contributed by atoms with Gasteiger partial charge in [-0.15, -0.1) is 0 Å². The molecule has 1 heterocycles. The summed E-state index contributed by atoms with van der Waals surface area (Å²) in [6, 6.07) is 16.4.